The molecular weight excluding hydrogens is 362 g/mol. The Morgan fingerprint density at radius 1 is 1.19 bits per heavy atom. The van der Waals surface area contributed by atoms with E-state index < -0.39 is 5.63 Å². The van der Waals surface area contributed by atoms with Crippen LogP contribution in [0.15, 0.2) is 51.7 Å². The summed E-state index contributed by atoms with van der Waals surface area (Å²) >= 11 is 5.94. The van der Waals surface area contributed by atoms with Crippen LogP contribution in [0.25, 0.3) is 22.1 Å². The van der Waals surface area contributed by atoms with Crippen molar-refractivity contribution in [1.82, 2.24) is 4.90 Å². The van der Waals surface area contributed by atoms with Gasteiger partial charge in [-0.05, 0) is 62.2 Å². The molecule has 0 aliphatic carbocycles. The summed E-state index contributed by atoms with van der Waals surface area (Å²) in [7, 11) is 0. The molecule has 0 amide bonds. The zero-order valence-corrected chi connectivity index (χ0v) is 16.0. The molecule has 1 fully saturated rings. The fourth-order valence-electron chi connectivity index (χ4n) is 3.81. The third kappa shape index (κ3) is 3.60. The molecule has 1 aliphatic rings. The van der Waals surface area contributed by atoms with Gasteiger partial charge in [-0.1, -0.05) is 30.2 Å². The number of benzene rings is 2. The topological polar surface area (TPSA) is 53.7 Å². The van der Waals surface area contributed by atoms with Crippen molar-refractivity contribution in [2.75, 3.05) is 6.54 Å². The standard InChI is InChI=1S/C22H22ClNO3/c1-14-4-2-3-11-24(14)13-19-20(25)10-7-16-12-18(22(26)27-21(16)19)15-5-8-17(23)9-6-15/h5-10,12,14,25H,2-4,11,13H2,1H3. The van der Waals surface area contributed by atoms with Crippen LogP contribution in [0.2, 0.25) is 5.02 Å². The van der Waals surface area contributed by atoms with E-state index in [1.807, 2.05) is 6.07 Å². The maximum atomic E-state index is 12.6. The molecule has 2 heterocycles. The highest BCUT2D eigenvalue weighted by molar-refractivity contribution is 6.30. The van der Waals surface area contributed by atoms with Crippen LogP contribution < -0.4 is 5.63 Å². The molecule has 1 aliphatic heterocycles. The van der Waals surface area contributed by atoms with Crippen LogP contribution in [-0.4, -0.2) is 22.6 Å². The molecule has 27 heavy (non-hydrogen) atoms. The summed E-state index contributed by atoms with van der Waals surface area (Å²) in [6.45, 7) is 3.77. The second-order valence-corrected chi connectivity index (χ2v) is 7.69. The summed E-state index contributed by atoms with van der Waals surface area (Å²) in [5.74, 6) is 0.169. The van der Waals surface area contributed by atoms with Gasteiger partial charge in [0.05, 0.1) is 11.1 Å². The number of nitrogens with zero attached hydrogens (tertiary/aromatic N) is 1. The number of likely N-dealkylation sites (tertiary alicyclic amines) is 1. The third-order valence-electron chi connectivity index (χ3n) is 5.44. The minimum atomic E-state index is -0.414. The van der Waals surface area contributed by atoms with Crippen LogP contribution in [0, 0.1) is 0 Å². The number of rotatable bonds is 3. The van der Waals surface area contributed by atoms with Gasteiger partial charge in [-0.15, -0.1) is 0 Å². The fourth-order valence-corrected chi connectivity index (χ4v) is 3.94. The van der Waals surface area contributed by atoms with Gasteiger partial charge in [0.25, 0.3) is 0 Å². The number of hydrogen-bond acceptors (Lipinski definition) is 4. The Labute approximate surface area is 163 Å². The highest BCUT2D eigenvalue weighted by Crippen LogP contribution is 2.31. The van der Waals surface area contributed by atoms with Crippen molar-refractivity contribution in [3.05, 3.63) is 63.5 Å². The second-order valence-electron chi connectivity index (χ2n) is 7.25. The first-order valence-corrected chi connectivity index (χ1v) is 9.69. The van der Waals surface area contributed by atoms with Crippen molar-refractivity contribution in [2.45, 2.75) is 38.8 Å². The van der Waals surface area contributed by atoms with Gasteiger partial charge in [-0.25, -0.2) is 4.79 Å². The van der Waals surface area contributed by atoms with E-state index in [1.165, 1.54) is 6.42 Å². The highest BCUT2D eigenvalue weighted by atomic mass is 35.5. The molecule has 4 nitrogen and oxygen atoms in total. The van der Waals surface area contributed by atoms with Gasteiger partial charge in [-0.2, -0.15) is 0 Å². The number of phenolic OH excluding ortho intramolecular Hbond substituents is 1. The Bertz CT molecular complexity index is 1030. The summed E-state index contributed by atoms with van der Waals surface area (Å²) in [4.78, 5) is 15.0. The zero-order valence-electron chi connectivity index (χ0n) is 15.2. The van der Waals surface area contributed by atoms with Crippen LogP contribution in [0.5, 0.6) is 5.75 Å². The van der Waals surface area contributed by atoms with Crippen molar-refractivity contribution in [3.63, 3.8) is 0 Å². The van der Waals surface area contributed by atoms with Crippen LogP contribution in [0.3, 0.4) is 0 Å². The molecule has 1 aromatic heterocycles. The first-order chi connectivity index (χ1) is 13.0. The van der Waals surface area contributed by atoms with Gasteiger partial charge in [0.15, 0.2) is 0 Å². The molecule has 0 saturated carbocycles. The lowest BCUT2D eigenvalue weighted by Crippen LogP contribution is -2.36. The normalized spacial score (nSPS) is 18.1. The lowest BCUT2D eigenvalue weighted by molar-refractivity contribution is 0.151. The van der Waals surface area contributed by atoms with Crippen LogP contribution in [-0.2, 0) is 6.54 Å². The van der Waals surface area contributed by atoms with Crippen molar-refractivity contribution in [3.8, 4) is 16.9 Å². The first-order valence-electron chi connectivity index (χ1n) is 9.31. The van der Waals surface area contributed by atoms with E-state index >= 15 is 0 Å². The fraction of sp³-hybridized carbons (Fsp3) is 0.318. The predicted molar refractivity (Wildman–Crippen MR) is 108 cm³/mol. The SMILES string of the molecule is CC1CCCCN1Cc1c(O)ccc2cc(-c3ccc(Cl)cc3)c(=O)oc12. The van der Waals surface area contributed by atoms with E-state index in [0.29, 0.717) is 34.3 Å². The quantitative estimate of drug-likeness (QED) is 0.632. The Balaban J connectivity index is 1.79. The van der Waals surface area contributed by atoms with Gasteiger partial charge in [0.1, 0.15) is 11.3 Å². The van der Waals surface area contributed by atoms with Gasteiger partial charge < -0.3 is 9.52 Å². The van der Waals surface area contributed by atoms with Crippen molar-refractivity contribution < 1.29 is 9.52 Å². The van der Waals surface area contributed by atoms with Crippen LogP contribution in [0.4, 0.5) is 0 Å². The number of aromatic hydroxyl groups is 1. The molecule has 0 bridgehead atoms. The van der Waals surface area contributed by atoms with E-state index in [2.05, 4.69) is 11.8 Å². The second kappa shape index (κ2) is 7.37. The maximum absolute atomic E-state index is 12.6. The van der Waals surface area contributed by atoms with Gasteiger partial charge >= 0.3 is 5.63 Å². The molecule has 5 heteroatoms. The van der Waals surface area contributed by atoms with E-state index in [0.717, 1.165) is 30.3 Å². The van der Waals surface area contributed by atoms with E-state index in [9.17, 15) is 9.90 Å². The molecule has 1 atom stereocenters. The average molecular weight is 384 g/mol. The number of phenols is 1. The highest BCUT2D eigenvalue weighted by Gasteiger charge is 2.22. The molecule has 0 radical (unpaired) electrons. The third-order valence-corrected chi connectivity index (χ3v) is 5.69. The van der Waals surface area contributed by atoms with Crippen molar-refractivity contribution in [1.29, 1.82) is 0 Å². The summed E-state index contributed by atoms with van der Waals surface area (Å²) in [6, 6.07) is 12.9. The van der Waals surface area contributed by atoms with E-state index in [1.54, 1.807) is 36.4 Å². The largest absolute Gasteiger partial charge is 0.507 e. The van der Waals surface area contributed by atoms with Gasteiger partial charge in [-0.3, -0.25) is 4.90 Å². The molecule has 1 unspecified atom stereocenters. The summed E-state index contributed by atoms with van der Waals surface area (Å²) in [6.07, 6.45) is 3.54. The molecule has 140 valence electrons. The predicted octanol–water partition coefficient (Wildman–Crippen LogP) is 5.19. The Morgan fingerprint density at radius 3 is 2.70 bits per heavy atom. The molecular formula is C22H22ClNO3. The number of hydrogen-bond donors (Lipinski definition) is 1. The number of halogens is 1. The van der Waals surface area contributed by atoms with Crippen LogP contribution >= 0.6 is 11.6 Å². The lowest BCUT2D eigenvalue weighted by atomic mass is 10.0. The maximum Gasteiger partial charge on any atom is 0.344 e. The molecule has 2 aromatic carbocycles. The monoisotopic (exact) mass is 383 g/mol. The Kier molecular flexibility index (Phi) is 4.94. The lowest BCUT2D eigenvalue weighted by Gasteiger charge is -2.33. The zero-order chi connectivity index (χ0) is 19.0. The molecule has 4 rings (SSSR count). The summed E-state index contributed by atoms with van der Waals surface area (Å²) in [5.41, 5.74) is 1.98. The number of fused-ring (bicyclic) bond motifs is 1. The molecule has 3 aromatic rings. The number of piperidine rings is 1. The molecule has 1 saturated heterocycles. The van der Waals surface area contributed by atoms with Crippen molar-refractivity contribution in [2.24, 2.45) is 0 Å². The molecule has 0 spiro atoms. The van der Waals surface area contributed by atoms with Crippen LogP contribution in [0.1, 0.15) is 31.7 Å². The summed E-state index contributed by atoms with van der Waals surface area (Å²) in [5, 5.41) is 11.9. The average Bonchev–Trinajstić information content (AvgIpc) is 2.66. The Morgan fingerprint density at radius 2 is 1.96 bits per heavy atom. The molecule has 1 N–H and O–H groups in total. The van der Waals surface area contributed by atoms with Crippen molar-refractivity contribution >= 4 is 22.6 Å². The summed E-state index contributed by atoms with van der Waals surface area (Å²) < 4.78 is 5.69. The van der Waals surface area contributed by atoms with E-state index in [4.69, 9.17) is 16.0 Å². The van der Waals surface area contributed by atoms with E-state index in [-0.39, 0.29) is 5.75 Å². The minimum absolute atomic E-state index is 0.169. The smallest absolute Gasteiger partial charge is 0.344 e. The van der Waals surface area contributed by atoms with Gasteiger partial charge in [0, 0.05) is 23.0 Å². The minimum Gasteiger partial charge on any atom is -0.507 e. The Hall–Kier alpha value is -2.30. The first kappa shape index (κ1) is 18.1. The van der Waals surface area contributed by atoms with Gasteiger partial charge in [0.2, 0.25) is 0 Å².